The molecular formula is C18H21ClN4. The van der Waals surface area contributed by atoms with Crippen molar-refractivity contribution in [3.8, 4) is 0 Å². The maximum atomic E-state index is 6.03. The van der Waals surface area contributed by atoms with Gasteiger partial charge in [0.05, 0.1) is 6.04 Å². The summed E-state index contributed by atoms with van der Waals surface area (Å²) in [6.07, 6.45) is 5.43. The Kier molecular flexibility index (Phi) is 3.95. The van der Waals surface area contributed by atoms with E-state index in [1.807, 2.05) is 24.4 Å². The number of aromatic nitrogens is 2. The van der Waals surface area contributed by atoms with Crippen molar-refractivity contribution in [1.29, 1.82) is 0 Å². The van der Waals surface area contributed by atoms with Crippen LogP contribution in [0.5, 0.6) is 0 Å². The van der Waals surface area contributed by atoms with Crippen molar-refractivity contribution in [2.45, 2.75) is 37.3 Å². The quantitative estimate of drug-likeness (QED) is 0.925. The summed E-state index contributed by atoms with van der Waals surface area (Å²) in [5.41, 5.74) is 1.29. The molecule has 2 aromatic rings. The SMILES string of the molecule is CN1CCC(Nc2ccnc(C3CC3)n2)C1c1ccc(Cl)cc1. The fourth-order valence-electron chi connectivity index (χ4n) is 3.43. The first kappa shape index (κ1) is 14.9. The fraction of sp³-hybridized carbons (Fsp3) is 0.444. The molecule has 1 aliphatic carbocycles. The van der Waals surface area contributed by atoms with Gasteiger partial charge in [0.15, 0.2) is 0 Å². The Morgan fingerprint density at radius 1 is 1.13 bits per heavy atom. The smallest absolute Gasteiger partial charge is 0.133 e. The van der Waals surface area contributed by atoms with Crippen molar-refractivity contribution in [2.75, 3.05) is 18.9 Å². The van der Waals surface area contributed by atoms with Crippen LogP contribution in [0.1, 0.15) is 42.6 Å². The molecule has 1 saturated heterocycles. The monoisotopic (exact) mass is 328 g/mol. The van der Waals surface area contributed by atoms with Crippen molar-refractivity contribution < 1.29 is 0 Å². The van der Waals surface area contributed by atoms with Gasteiger partial charge in [0.2, 0.25) is 0 Å². The van der Waals surface area contributed by atoms with E-state index in [0.29, 0.717) is 18.0 Å². The molecule has 4 nitrogen and oxygen atoms in total. The van der Waals surface area contributed by atoms with E-state index in [9.17, 15) is 0 Å². The Bertz CT molecular complexity index is 684. The third-order valence-corrected chi connectivity index (χ3v) is 5.06. The van der Waals surface area contributed by atoms with Crippen molar-refractivity contribution in [2.24, 2.45) is 0 Å². The molecule has 1 saturated carbocycles. The van der Waals surface area contributed by atoms with Crippen LogP contribution in [-0.4, -0.2) is 34.5 Å². The molecule has 23 heavy (non-hydrogen) atoms. The van der Waals surface area contributed by atoms with Crippen LogP contribution < -0.4 is 5.32 Å². The van der Waals surface area contributed by atoms with Gasteiger partial charge >= 0.3 is 0 Å². The first-order valence-corrected chi connectivity index (χ1v) is 8.64. The molecule has 2 aliphatic rings. The number of nitrogens with one attached hydrogen (secondary N) is 1. The molecule has 2 fully saturated rings. The lowest BCUT2D eigenvalue weighted by Gasteiger charge is -2.26. The van der Waals surface area contributed by atoms with Gasteiger partial charge in [-0.3, -0.25) is 4.90 Å². The average Bonchev–Trinajstić information content (AvgIpc) is 3.34. The second-order valence-electron chi connectivity index (χ2n) is 6.59. The van der Waals surface area contributed by atoms with Crippen molar-refractivity contribution in [3.63, 3.8) is 0 Å². The highest BCUT2D eigenvalue weighted by atomic mass is 35.5. The van der Waals surface area contributed by atoms with Gasteiger partial charge in [-0.1, -0.05) is 23.7 Å². The number of halogens is 1. The van der Waals surface area contributed by atoms with Crippen LogP contribution in [0.15, 0.2) is 36.5 Å². The number of benzene rings is 1. The van der Waals surface area contributed by atoms with Gasteiger partial charge in [0.1, 0.15) is 11.6 Å². The maximum absolute atomic E-state index is 6.03. The topological polar surface area (TPSA) is 41.0 Å². The number of hydrogen-bond acceptors (Lipinski definition) is 4. The molecule has 2 atom stereocenters. The Morgan fingerprint density at radius 2 is 1.91 bits per heavy atom. The number of hydrogen-bond donors (Lipinski definition) is 1. The van der Waals surface area contributed by atoms with E-state index in [0.717, 1.165) is 29.6 Å². The predicted molar refractivity (Wildman–Crippen MR) is 92.9 cm³/mol. The summed E-state index contributed by atoms with van der Waals surface area (Å²) in [6.45, 7) is 1.07. The van der Waals surface area contributed by atoms with Crippen LogP contribution in [0.4, 0.5) is 5.82 Å². The van der Waals surface area contributed by atoms with Gasteiger partial charge in [-0.05, 0) is 50.1 Å². The number of nitrogens with zero attached hydrogens (tertiary/aromatic N) is 3. The zero-order valence-corrected chi connectivity index (χ0v) is 14.0. The minimum Gasteiger partial charge on any atom is -0.365 e. The molecule has 0 radical (unpaired) electrons. The number of rotatable bonds is 4. The molecular weight excluding hydrogens is 308 g/mol. The van der Waals surface area contributed by atoms with Crippen molar-refractivity contribution >= 4 is 17.4 Å². The van der Waals surface area contributed by atoms with Crippen molar-refractivity contribution in [3.05, 3.63) is 52.9 Å². The summed E-state index contributed by atoms with van der Waals surface area (Å²) in [6, 6.07) is 10.8. The van der Waals surface area contributed by atoms with Crippen LogP contribution in [0.25, 0.3) is 0 Å². The average molecular weight is 329 g/mol. The zero-order valence-electron chi connectivity index (χ0n) is 13.2. The number of anilines is 1. The molecule has 1 N–H and O–H groups in total. The molecule has 0 bridgehead atoms. The molecule has 1 aliphatic heterocycles. The van der Waals surface area contributed by atoms with Gasteiger partial charge in [0.25, 0.3) is 0 Å². The fourth-order valence-corrected chi connectivity index (χ4v) is 3.55. The third-order valence-electron chi connectivity index (χ3n) is 4.81. The van der Waals surface area contributed by atoms with E-state index >= 15 is 0 Å². The molecule has 2 unspecified atom stereocenters. The second-order valence-corrected chi connectivity index (χ2v) is 7.03. The Balaban J connectivity index is 1.55. The number of likely N-dealkylation sites (tertiary alicyclic amines) is 1. The molecule has 2 heterocycles. The molecule has 0 spiro atoms. The predicted octanol–water partition coefficient (Wildman–Crippen LogP) is 3.86. The molecule has 5 heteroatoms. The van der Waals surface area contributed by atoms with Crippen LogP contribution >= 0.6 is 11.6 Å². The Hall–Kier alpha value is -1.65. The van der Waals surface area contributed by atoms with Gasteiger partial charge < -0.3 is 5.32 Å². The zero-order chi connectivity index (χ0) is 15.8. The summed E-state index contributed by atoms with van der Waals surface area (Å²) in [4.78, 5) is 11.5. The summed E-state index contributed by atoms with van der Waals surface area (Å²) < 4.78 is 0. The lowest BCUT2D eigenvalue weighted by atomic mass is 10.0. The first-order valence-electron chi connectivity index (χ1n) is 8.26. The number of likely N-dealkylation sites (N-methyl/N-ethyl adjacent to an activating group) is 1. The first-order chi connectivity index (χ1) is 11.2. The summed E-state index contributed by atoms with van der Waals surface area (Å²) >= 11 is 6.03. The molecule has 1 aromatic heterocycles. The highest BCUT2D eigenvalue weighted by Crippen LogP contribution is 2.38. The Labute approximate surface area is 141 Å². The van der Waals surface area contributed by atoms with E-state index < -0.39 is 0 Å². The molecule has 120 valence electrons. The molecule has 4 rings (SSSR count). The summed E-state index contributed by atoms with van der Waals surface area (Å²) in [5.74, 6) is 2.51. The highest BCUT2D eigenvalue weighted by molar-refractivity contribution is 6.30. The van der Waals surface area contributed by atoms with Gasteiger partial charge in [0, 0.05) is 29.7 Å². The van der Waals surface area contributed by atoms with Crippen LogP contribution in [0, 0.1) is 0 Å². The van der Waals surface area contributed by atoms with E-state index in [1.54, 1.807) is 0 Å². The van der Waals surface area contributed by atoms with E-state index in [2.05, 4.69) is 34.4 Å². The largest absolute Gasteiger partial charge is 0.365 e. The van der Waals surface area contributed by atoms with Gasteiger partial charge in [-0.2, -0.15) is 0 Å². The summed E-state index contributed by atoms with van der Waals surface area (Å²) in [7, 11) is 2.18. The van der Waals surface area contributed by atoms with E-state index in [1.165, 1.54) is 18.4 Å². The third kappa shape index (κ3) is 3.19. The maximum Gasteiger partial charge on any atom is 0.133 e. The van der Waals surface area contributed by atoms with E-state index in [-0.39, 0.29) is 0 Å². The minimum atomic E-state index is 0.339. The second kappa shape index (κ2) is 6.10. The van der Waals surface area contributed by atoms with Gasteiger partial charge in [-0.15, -0.1) is 0 Å². The minimum absolute atomic E-state index is 0.339. The van der Waals surface area contributed by atoms with Crippen LogP contribution in [-0.2, 0) is 0 Å². The standard InChI is InChI=1S/C18H21ClN4/c1-23-11-9-15(17(23)12-4-6-14(19)7-5-12)21-16-8-10-20-18(22-16)13-2-3-13/h4-8,10,13,15,17H,2-3,9,11H2,1H3,(H,20,21,22). The normalized spacial score (nSPS) is 24.8. The molecule has 0 amide bonds. The summed E-state index contributed by atoms with van der Waals surface area (Å²) in [5, 5.41) is 4.41. The molecule has 1 aromatic carbocycles. The van der Waals surface area contributed by atoms with Crippen molar-refractivity contribution in [1.82, 2.24) is 14.9 Å². The highest BCUT2D eigenvalue weighted by Gasteiger charge is 2.33. The Morgan fingerprint density at radius 3 is 2.65 bits per heavy atom. The van der Waals surface area contributed by atoms with Crippen LogP contribution in [0.3, 0.4) is 0 Å². The lowest BCUT2D eigenvalue weighted by Crippen LogP contribution is -2.29. The van der Waals surface area contributed by atoms with Gasteiger partial charge in [-0.25, -0.2) is 9.97 Å². The van der Waals surface area contributed by atoms with E-state index in [4.69, 9.17) is 16.6 Å². The van der Waals surface area contributed by atoms with Crippen LogP contribution in [0.2, 0.25) is 5.02 Å². The lowest BCUT2D eigenvalue weighted by molar-refractivity contribution is 0.309.